The van der Waals surface area contributed by atoms with Crippen molar-refractivity contribution in [1.29, 1.82) is 0 Å². The first-order valence-electron chi connectivity index (χ1n) is 7.05. The van der Waals surface area contributed by atoms with Crippen molar-refractivity contribution in [2.24, 2.45) is 5.92 Å². The summed E-state index contributed by atoms with van der Waals surface area (Å²) in [5, 5.41) is -0.226. The van der Waals surface area contributed by atoms with Gasteiger partial charge >= 0.3 is 0 Å². The fraction of sp³-hybridized carbons (Fsp3) is 0.600. The van der Waals surface area contributed by atoms with E-state index in [0.717, 1.165) is 37.7 Å². The van der Waals surface area contributed by atoms with Crippen LogP contribution in [0.4, 0.5) is 5.69 Å². The summed E-state index contributed by atoms with van der Waals surface area (Å²) in [6.07, 6.45) is 4.79. The van der Waals surface area contributed by atoms with Crippen LogP contribution in [0.1, 0.15) is 44.6 Å². The molecular formula is C15H23NO2S. The second-order valence-electron chi connectivity index (χ2n) is 5.62. The van der Waals surface area contributed by atoms with Gasteiger partial charge in [-0.1, -0.05) is 19.4 Å². The summed E-state index contributed by atoms with van der Waals surface area (Å²) in [6.45, 7) is 4.02. The number of sulfone groups is 1. The Morgan fingerprint density at radius 2 is 1.84 bits per heavy atom. The van der Waals surface area contributed by atoms with Gasteiger partial charge in [0.1, 0.15) is 0 Å². The third-order valence-electron chi connectivity index (χ3n) is 4.33. The third kappa shape index (κ3) is 2.94. The number of nitrogen functional groups attached to an aromatic ring is 1. The monoisotopic (exact) mass is 281 g/mol. The number of benzene rings is 1. The van der Waals surface area contributed by atoms with Crippen molar-refractivity contribution < 1.29 is 8.42 Å². The lowest BCUT2D eigenvalue weighted by Crippen LogP contribution is -2.27. The van der Waals surface area contributed by atoms with E-state index in [-0.39, 0.29) is 5.25 Å². The van der Waals surface area contributed by atoms with E-state index in [2.05, 4.69) is 6.92 Å². The molecular weight excluding hydrogens is 258 g/mol. The Hall–Kier alpha value is -1.03. The minimum atomic E-state index is -3.23. The van der Waals surface area contributed by atoms with Gasteiger partial charge in [-0.25, -0.2) is 8.42 Å². The normalized spacial score (nSPS) is 24.3. The summed E-state index contributed by atoms with van der Waals surface area (Å²) in [5.41, 5.74) is 7.05. The summed E-state index contributed by atoms with van der Waals surface area (Å²) in [4.78, 5) is 0.424. The molecule has 0 amide bonds. The maximum absolute atomic E-state index is 12.7. The summed E-state index contributed by atoms with van der Waals surface area (Å²) in [6, 6.07) is 5.15. The van der Waals surface area contributed by atoms with Crippen LogP contribution >= 0.6 is 0 Å². The molecule has 0 aromatic heterocycles. The molecule has 19 heavy (non-hydrogen) atoms. The SMILES string of the molecule is CCC1CCC(S(=O)(=O)c2cc(N)ccc2C)CC1. The Morgan fingerprint density at radius 1 is 1.21 bits per heavy atom. The third-order valence-corrected chi connectivity index (χ3v) is 6.73. The van der Waals surface area contributed by atoms with Crippen LogP contribution < -0.4 is 5.73 Å². The fourth-order valence-electron chi connectivity index (χ4n) is 2.95. The van der Waals surface area contributed by atoms with Crippen molar-refractivity contribution in [3.05, 3.63) is 23.8 Å². The smallest absolute Gasteiger partial charge is 0.181 e. The highest BCUT2D eigenvalue weighted by Crippen LogP contribution is 2.34. The van der Waals surface area contributed by atoms with E-state index in [0.29, 0.717) is 16.5 Å². The highest BCUT2D eigenvalue weighted by Gasteiger charge is 2.32. The Kier molecular flexibility index (Phi) is 4.19. The standard InChI is InChI=1S/C15H23NO2S/c1-3-12-5-8-14(9-6-12)19(17,18)15-10-13(16)7-4-11(15)2/h4,7,10,12,14H,3,5-6,8-9,16H2,1-2H3. The highest BCUT2D eigenvalue weighted by molar-refractivity contribution is 7.92. The van der Waals surface area contributed by atoms with Gasteiger partial charge in [0, 0.05) is 5.69 Å². The lowest BCUT2D eigenvalue weighted by atomic mass is 9.87. The summed E-state index contributed by atoms with van der Waals surface area (Å²) >= 11 is 0. The molecule has 1 saturated carbocycles. The van der Waals surface area contributed by atoms with Crippen molar-refractivity contribution in [2.75, 3.05) is 5.73 Å². The molecule has 0 atom stereocenters. The van der Waals surface area contributed by atoms with E-state index >= 15 is 0 Å². The summed E-state index contributed by atoms with van der Waals surface area (Å²) < 4.78 is 25.4. The molecule has 4 heteroatoms. The Labute approximate surface area is 116 Å². The van der Waals surface area contributed by atoms with E-state index in [4.69, 9.17) is 5.73 Å². The Morgan fingerprint density at radius 3 is 2.42 bits per heavy atom. The highest BCUT2D eigenvalue weighted by atomic mass is 32.2. The minimum Gasteiger partial charge on any atom is -0.399 e. The maximum atomic E-state index is 12.7. The van der Waals surface area contributed by atoms with Crippen LogP contribution in [0.25, 0.3) is 0 Å². The van der Waals surface area contributed by atoms with E-state index in [1.807, 2.05) is 6.92 Å². The largest absolute Gasteiger partial charge is 0.399 e. The quantitative estimate of drug-likeness (QED) is 0.865. The molecule has 0 bridgehead atoms. The number of hydrogen-bond acceptors (Lipinski definition) is 3. The van der Waals surface area contributed by atoms with Gasteiger partial charge in [0.15, 0.2) is 9.84 Å². The van der Waals surface area contributed by atoms with Crippen LogP contribution in [-0.4, -0.2) is 13.7 Å². The zero-order valence-electron chi connectivity index (χ0n) is 11.7. The minimum absolute atomic E-state index is 0.226. The molecule has 1 aliphatic carbocycles. The molecule has 0 spiro atoms. The Balaban J connectivity index is 2.26. The van der Waals surface area contributed by atoms with Gasteiger partial charge in [-0.2, -0.15) is 0 Å². The van der Waals surface area contributed by atoms with E-state index < -0.39 is 9.84 Å². The predicted molar refractivity (Wildman–Crippen MR) is 78.8 cm³/mol. The van der Waals surface area contributed by atoms with E-state index in [1.165, 1.54) is 0 Å². The van der Waals surface area contributed by atoms with Gasteiger partial charge in [-0.15, -0.1) is 0 Å². The van der Waals surface area contributed by atoms with Crippen LogP contribution in [0.2, 0.25) is 0 Å². The zero-order valence-corrected chi connectivity index (χ0v) is 12.5. The molecule has 0 heterocycles. The number of aryl methyl sites for hydroxylation is 1. The predicted octanol–water partition coefficient (Wildman–Crippen LogP) is 3.32. The molecule has 0 aliphatic heterocycles. The van der Waals surface area contributed by atoms with Crippen LogP contribution in [0.15, 0.2) is 23.1 Å². The van der Waals surface area contributed by atoms with Crippen molar-refractivity contribution in [1.82, 2.24) is 0 Å². The number of rotatable bonds is 3. The van der Waals surface area contributed by atoms with E-state index in [9.17, 15) is 8.42 Å². The number of nitrogens with two attached hydrogens (primary N) is 1. The molecule has 2 rings (SSSR count). The van der Waals surface area contributed by atoms with Gasteiger partial charge in [-0.3, -0.25) is 0 Å². The zero-order chi connectivity index (χ0) is 14.0. The fourth-order valence-corrected chi connectivity index (χ4v) is 5.02. The first-order valence-corrected chi connectivity index (χ1v) is 8.59. The van der Waals surface area contributed by atoms with Crippen LogP contribution in [0, 0.1) is 12.8 Å². The van der Waals surface area contributed by atoms with Gasteiger partial charge in [0.05, 0.1) is 10.1 Å². The molecule has 1 fully saturated rings. The van der Waals surface area contributed by atoms with Crippen molar-refractivity contribution in [2.45, 2.75) is 56.1 Å². The van der Waals surface area contributed by atoms with Crippen molar-refractivity contribution >= 4 is 15.5 Å². The Bertz CT molecular complexity index is 543. The molecule has 106 valence electrons. The first-order chi connectivity index (χ1) is 8.95. The molecule has 1 aromatic rings. The first kappa shape index (κ1) is 14.4. The molecule has 2 N–H and O–H groups in total. The van der Waals surface area contributed by atoms with Crippen molar-refractivity contribution in [3.8, 4) is 0 Å². The average molecular weight is 281 g/mol. The van der Waals surface area contributed by atoms with Gasteiger partial charge in [0.2, 0.25) is 0 Å². The lowest BCUT2D eigenvalue weighted by Gasteiger charge is -2.28. The average Bonchev–Trinajstić information content (AvgIpc) is 2.41. The van der Waals surface area contributed by atoms with Crippen LogP contribution in [-0.2, 0) is 9.84 Å². The number of hydrogen-bond donors (Lipinski definition) is 1. The van der Waals surface area contributed by atoms with Crippen LogP contribution in [0.3, 0.4) is 0 Å². The summed E-state index contributed by atoms with van der Waals surface area (Å²) in [5.74, 6) is 0.702. The molecule has 1 aromatic carbocycles. The molecule has 0 radical (unpaired) electrons. The van der Waals surface area contributed by atoms with Gasteiger partial charge in [-0.05, 0) is 56.2 Å². The molecule has 3 nitrogen and oxygen atoms in total. The molecule has 0 saturated heterocycles. The number of anilines is 1. The summed E-state index contributed by atoms with van der Waals surface area (Å²) in [7, 11) is -3.23. The molecule has 1 aliphatic rings. The van der Waals surface area contributed by atoms with Crippen LogP contribution in [0.5, 0.6) is 0 Å². The van der Waals surface area contributed by atoms with Crippen molar-refractivity contribution in [3.63, 3.8) is 0 Å². The second-order valence-corrected chi connectivity index (χ2v) is 7.82. The topological polar surface area (TPSA) is 60.2 Å². The maximum Gasteiger partial charge on any atom is 0.181 e. The second kappa shape index (κ2) is 5.53. The van der Waals surface area contributed by atoms with Gasteiger partial charge in [0.25, 0.3) is 0 Å². The molecule has 0 unspecified atom stereocenters. The van der Waals surface area contributed by atoms with E-state index in [1.54, 1.807) is 18.2 Å². The lowest BCUT2D eigenvalue weighted by molar-refractivity contribution is 0.348. The van der Waals surface area contributed by atoms with Gasteiger partial charge < -0.3 is 5.73 Å².